The third-order valence-electron chi connectivity index (χ3n) is 5.51. The Balaban J connectivity index is 2.47. The second-order valence-corrected chi connectivity index (χ2v) is 8.57. The smallest absolute Gasteiger partial charge is 0.221 e. The Labute approximate surface area is 184 Å². The van der Waals surface area contributed by atoms with E-state index in [1.165, 1.54) is 0 Å². The van der Waals surface area contributed by atoms with Crippen molar-refractivity contribution in [3.05, 3.63) is 66.2 Å². The van der Waals surface area contributed by atoms with Crippen LogP contribution < -0.4 is 15.0 Å². The molecule has 2 rings (SSSR count). The minimum Gasteiger partial charge on any atom is -0.856 e. The van der Waals surface area contributed by atoms with E-state index < -0.39 is 5.54 Å². The molecule has 162 valence electrons. The maximum absolute atomic E-state index is 13.7. The third kappa shape index (κ3) is 6.09. The summed E-state index contributed by atoms with van der Waals surface area (Å²) in [4.78, 5) is 12.7. The number of carbonyl (C=O) groups excluding carboxylic acids is 1. The highest BCUT2D eigenvalue weighted by Crippen LogP contribution is 2.24. The Kier molecular flexibility index (Phi) is 8.93. The highest BCUT2D eigenvalue weighted by molar-refractivity contribution is 7.98. The van der Waals surface area contributed by atoms with Gasteiger partial charge in [0, 0.05) is 36.6 Å². The van der Waals surface area contributed by atoms with Crippen LogP contribution in [0.4, 0.5) is 5.69 Å². The monoisotopic (exact) mass is 427 g/mol. The molecule has 5 nitrogen and oxygen atoms in total. The number of benzene rings is 2. The number of nitrogens with zero attached hydrogens (tertiary/aromatic N) is 2. The summed E-state index contributed by atoms with van der Waals surface area (Å²) in [6.07, 6.45) is 3.22. The normalized spacial score (nSPS) is 15.8. The molecular formula is C24H33N3O2S. The van der Waals surface area contributed by atoms with Crippen molar-refractivity contribution in [2.24, 2.45) is 5.10 Å². The summed E-state index contributed by atoms with van der Waals surface area (Å²) in [5.74, 6) is 0.311. The maximum atomic E-state index is 13.7. The van der Waals surface area contributed by atoms with Gasteiger partial charge in [0.1, 0.15) is 6.54 Å². The molecule has 6 heteroatoms. The van der Waals surface area contributed by atoms with Gasteiger partial charge in [0.2, 0.25) is 5.91 Å². The zero-order valence-corrected chi connectivity index (χ0v) is 19.2. The molecule has 0 aromatic heterocycles. The van der Waals surface area contributed by atoms with E-state index in [4.69, 9.17) is 0 Å². The summed E-state index contributed by atoms with van der Waals surface area (Å²) in [6.45, 7) is 4.57. The summed E-state index contributed by atoms with van der Waals surface area (Å²) >= 11 is 1.61. The van der Waals surface area contributed by atoms with E-state index >= 15 is 0 Å². The molecule has 2 aromatic rings. The van der Waals surface area contributed by atoms with Crippen LogP contribution in [0.3, 0.4) is 0 Å². The first-order valence-electron chi connectivity index (χ1n) is 10.4. The molecule has 0 fully saturated rings. The molecule has 2 atom stereocenters. The fourth-order valence-electron chi connectivity index (χ4n) is 3.36. The van der Waals surface area contributed by atoms with Gasteiger partial charge in [-0.25, -0.2) is 0 Å². The molecule has 0 aliphatic carbocycles. The maximum Gasteiger partial charge on any atom is 0.221 e. The van der Waals surface area contributed by atoms with Crippen LogP contribution in [0, 0.1) is 0 Å². The van der Waals surface area contributed by atoms with Gasteiger partial charge in [0.15, 0.2) is 5.69 Å². The highest BCUT2D eigenvalue weighted by atomic mass is 32.2. The number of nitrogens with one attached hydrogen (secondary N) is 1. The fourth-order valence-corrected chi connectivity index (χ4v) is 3.75. The van der Waals surface area contributed by atoms with Crippen molar-refractivity contribution in [3.8, 4) is 0 Å². The van der Waals surface area contributed by atoms with Crippen LogP contribution in [0.15, 0.2) is 65.8 Å². The molecule has 2 aromatic carbocycles. The predicted molar refractivity (Wildman–Crippen MR) is 126 cm³/mol. The molecule has 0 saturated heterocycles. The van der Waals surface area contributed by atoms with Gasteiger partial charge in [-0.2, -0.15) is 16.4 Å². The lowest BCUT2D eigenvalue weighted by Crippen LogP contribution is -2.61. The quantitative estimate of drug-likeness (QED) is 0.258. The summed E-state index contributed by atoms with van der Waals surface area (Å²) in [7, 11) is 1.92. The number of thioether (sulfide) groups is 1. The van der Waals surface area contributed by atoms with Gasteiger partial charge >= 0.3 is 0 Å². The Hall–Kier alpha value is -2.31. The average Bonchev–Trinajstić information content (AvgIpc) is 2.78. The first kappa shape index (κ1) is 24.0. The van der Waals surface area contributed by atoms with E-state index in [0.29, 0.717) is 25.8 Å². The Morgan fingerprint density at radius 1 is 1.10 bits per heavy atom. The molecule has 0 spiro atoms. The van der Waals surface area contributed by atoms with Gasteiger partial charge in [-0.3, -0.25) is 4.79 Å². The lowest BCUT2D eigenvalue weighted by Gasteiger charge is -2.40. The SMILES string of the molecule is CC[C@@](Cc1ccccc1)(NC(=O)CCSC)/C([O-])=N/[N+](C)(CC)c1ccccc1. The second kappa shape index (κ2) is 11.2. The zero-order chi connectivity index (χ0) is 22.0. The van der Waals surface area contributed by atoms with Crippen molar-refractivity contribution < 1.29 is 9.90 Å². The first-order valence-corrected chi connectivity index (χ1v) is 11.8. The van der Waals surface area contributed by atoms with Crippen molar-refractivity contribution in [3.63, 3.8) is 0 Å². The predicted octanol–water partition coefficient (Wildman–Crippen LogP) is 3.58. The van der Waals surface area contributed by atoms with Crippen molar-refractivity contribution in [2.75, 3.05) is 25.6 Å². The van der Waals surface area contributed by atoms with Crippen LogP contribution in [0.2, 0.25) is 0 Å². The summed E-state index contributed by atoms with van der Waals surface area (Å²) in [6, 6.07) is 19.6. The van der Waals surface area contributed by atoms with Crippen molar-refractivity contribution >= 4 is 29.3 Å². The third-order valence-corrected chi connectivity index (χ3v) is 6.13. The highest BCUT2D eigenvalue weighted by Gasteiger charge is 2.34. The first-order chi connectivity index (χ1) is 14.4. The number of quaternary nitrogens is 1. The van der Waals surface area contributed by atoms with Crippen LogP contribution in [0.1, 0.15) is 32.3 Å². The lowest BCUT2D eigenvalue weighted by atomic mass is 9.87. The fraction of sp³-hybridized carbons (Fsp3) is 0.417. The number of amides is 1. The second-order valence-electron chi connectivity index (χ2n) is 7.59. The van der Waals surface area contributed by atoms with Gasteiger partial charge in [0.25, 0.3) is 0 Å². The Morgan fingerprint density at radius 2 is 1.70 bits per heavy atom. The van der Waals surface area contributed by atoms with E-state index in [0.717, 1.165) is 17.0 Å². The number of hydrogen-bond donors (Lipinski definition) is 1. The molecular weight excluding hydrogens is 394 g/mol. The molecule has 0 saturated carbocycles. The minimum atomic E-state index is -1.07. The number of carbonyl (C=O) groups is 1. The molecule has 0 bridgehead atoms. The molecule has 0 radical (unpaired) electrons. The van der Waals surface area contributed by atoms with Crippen molar-refractivity contribution in [1.82, 2.24) is 9.91 Å². The summed E-state index contributed by atoms with van der Waals surface area (Å²) in [5.41, 5.74) is 0.866. The molecule has 0 aliphatic rings. The molecule has 30 heavy (non-hydrogen) atoms. The van der Waals surface area contributed by atoms with Crippen LogP contribution in [0.25, 0.3) is 0 Å². The van der Waals surface area contributed by atoms with E-state index in [1.54, 1.807) is 11.8 Å². The summed E-state index contributed by atoms with van der Waals surface area (Å²) < 4.78 is 0.136. The minimum absolute atomic E-state index is 0.115. The van der Waals surface area contributed by atoms with Gasteiger partial charge in [-0.05, 0) is 25.2 Å². The Morgan fingerprint density at radius 3 is 2.23 bits per heavy atom. The largest absolute Gasteiger partial charge is 0.856 e. The van der Waals surface area contributed by atoms with Crippen molar-refractivity contribution in [1.29, 1.82) is 0 Å². The zero-order valence-electron chi connectivity index (χ0n) is 18.4. The lowest BCUT2D eigenvalue weighted by molar-refractivity contribution is -0.229. The van der Waals surface area contributed by atoms with Crippen LogP contribution in [0.5, 0.6) is 0 Å². The van der Waals surface area contributed by atoms with E-state index in [9.17, 15) is 9.90 Å². The van der Waals surface area contributed by atoms with Gasteiger partial charge in [0.05, 0.1) is 12.6 Å². The van der Waals surface area contributed by atoms with Crippen LogP contribution in [-0.2, 0) is 11.2 Å². The summed E-state index contributed by atoms with van der Waals surface area (Å²) in [5, 5.41) is 21.4. The molecule has 1 unspecified atom stereocenters. The van der Waals surface area contributed by atoms with Gasteiger partial charge in [-0.1, -0.05) is 60.6 Å². The molecule has 0 aliphatic heterocycles. The van der Waals surface area contributed by atoms with E-state index in [-0.39, 0.29) is 16.4 Å². The molecule has 1 N–H and O–H groups in total. The van der Waals surface area contributed by atoms with Crippen LogP contribution in [-0.4, -0.2) is 42.9 Å². The standard InChI is InChI=1S/C24H33N3O2S/c1-5-24(25-22(28)17-18-30-4,19-20-13-9-7-10-14-20)23(29)26-27(3,6-2)21-15-11-8-12-16-21/h7-16H,5-6,17-19H2,1-4H3,(H-,25,26,28,29)/t24-,27?/m0/s1. The van der Waals surface area contributed by atoms with E-state index in [1.807, 2.05) is 87.8 Å². The van der Waals surface area contributed by atoms with Crippen molar-refractivity contribution in [2.45, 2.75) is 38.6 Å². The van der Waals surface area contributed by atoms with Crippen LogP contribution >= 0.6 is 11.8 Å². The molecule has 0 heterocycles. The average molecular weight is 428 g/mol. The topological polar surface area (TPSA) is 64.5 Å². The number of rotatable bonds is 11. The number of para-hydroxylation sites is 1. The number of hydrogen-bond acceptors (Lipinski definition) is 4. The molecule has 1 amide bonds. The van der Waals surface area contributed by atoms with E-state index in [2.05, 4.69) is 10.4 Å². The van der Waals surface area contributed by atoms with Gasteiger partial charge in [-0.15, -0.1) is 0 Å². The van der Waals surface area contributed by atoms with Gasteiger partial charge < -0.3 is 10.4 Å². The Bertz CT molecular complexity index is 829.